The van der Waals surface area contributed by atoms with Crippen molar-refractivity contribution in [3.63, 3.8) is 0 Å². The number of hydrazine groups is 1. The molecule has 0 saturated carbocycles. The van der Waals surface area contributed by atoms with E-state index in [0.29, 0.717) is 0 Å². The van der Waals surface area contributed by atoms with Crippen LogP contribution in [0, 0.1) is 0 Å². The lowest BCUT2D eigenvalue weighted by Crippen LogP contribution is -2.42. The molecule has 6 nitrogen and oxygen atoms in total. The number of nitrogens with two attached hydrogens (primary N) is 1. The summed E-state index contributed by atoms with van der Waals surface area (Å²) in [6, 6.07) is 2.95. The molecule has 88 valence electrons. The molecular weight excluding hydrogens is 232 g/mol. The normalized spacial score (nSPS) is 11.1. The first-order valence-corrected chi connectivity index (χ1v) is 4.94. The minimum absolute atomic E-state index is 0.165. The summed E-state index contributed by atoms with van der Waals surface area (Å²) in [5.41, 5.74) is -0.617. The molecule has 1 heterocycles. The van der Waals surface area contributed by atoms with Crippen LogP contribution < -0.4 is 10.9 Å². The summed E-state index contributed by atoms with van der Waals surface area (Å²) < 4.78 is 5.05. The summed E-state index contributed by atoms with van der Waals surface area (Å²) in [7, 11) is 0. The van der Waals surface area contributed by atoms with Gasteiger partial charge in [-0.25, -0.2) is 10.6 Å². The van der Waals surface area contributed by atoms with Crippen molar-refractivity contribution >= 4 is 23.5 Å². The standard InChI is InChI=1S/C9H13ClN4O2/c1-9(2,3)16-8(15)14(11)7-5-4-6(10)12-13-7/h4-5H,11H2,1-3H3. The van der Waals surface area contributed by atoms with Gasteiger partial charge in [0.1, 0.15) is 5.60 Å². The quantitative estimate of drug-likeness (QED) is 0.462. The first-order valence-electron chi connectivity index (χ1n) is 4.56. The van der Waals surface area contributed by atoms with Crippen molar-refractivity contribution in [2.75, 3.05) is 5.01 Å². The SMILES string of the molecule is CC(C)(C)OC(=O)N(N)c1ccc(Cl)nn1. The predicted octanol–water partition coefficient (Wildman–Crippen LogP) is 1.75. The summed E-state index contributed by atoms with van der Waals surface area (Å²) in [5, 5.41) is 8.21. The Bertz CT molecular complexity index is 374. The number of rotatable bonds is 1. The van der Waals surface area contributed by atoms with Crippen LogP contribution in [0.1, 0.15) is 20.8 Å². The third kappa shape index (κ3) is 3.63. The Hall–Kier alpha value is -1.40. The number of carbonyl (C=O) groups excluding carboxylic acids is 1. The molecule has 1 amide bonds. The number of hydrogen-bond donors (Lipinski definition) is 1. The molecule has 1 rings (SSSR count). The van der Waals surface area contributed by atoms with Crippen LogP contribution >= 0.6 is 11.6 Å². The summed E-state index contributed by atoms with van der Waals surface area (Å²) in [6.07, 6.45) is -0.705. The minimum Gasteiger partial charge on any atom is -0.442 e. The maximum Gasteiger partial charge on any atom is 0.430 e. The highest BCUT2D eigenvalue weighted by Crippen LogP contribution is 2.13. The average molecular weight is 245 g/mol. The van der Waals surface area contributed by atoms with E-state index >= 15 is 0 Å². The van der Waals surface area contributed by atoms with E-state index in [-0.39, 0.29) is 11.0 Å². The molecule has 2 N–H and O–H groups in total. The topological polar surface area (TPSA) is 81.3 Å². The van der Waals surface area contributed by atoms with Crippen molar-refractivity contribution in [2.45, 2.75) is 26.4 Å². The molecule has 0 fully saturated rings. The van der Waals surface area contributed by atoms with Gasteiger partial charge in [0.2, 0.25) is 0 Å². The van der Waals surface area contributed by atoms with Gasteiger partial charge in [0.25, 0.3) is 0 Å². The third-order valence-electron chi connectivity index (χ3n) is 1.45. The number of amides is 1. The zero-order chi connectivity index (χ0) is 12.3. The van der Waals surface area contributed by atoms with Crippen LogP contribution in [0.15, 0.2) is 12.1 Å². The Labute approximate surface area is 98.3 Å². The molecule has 7 heteroatoms. The molecule has 1 aromatic heterocycles. The largest absolute Gasteiger partial charge is 0.442 e. The van der Waals surface area contributed by atoms with Crippen LogP contribution in [0.5, 0.6) is 0 Å². The summed E-state index contributed by atoms with van der Waals surface area (Å²) in [6.45, 7) is 5.23. The van der Waals surface area contributed by atoms with Crippen LogP contribution in [0.4, 0.5) is 10.6 Å². The van der Waals surface area contributed by atoms with E-state index in [1.807, 2.05) is 0 Å². The van der Waals surface area contributed by atoms with Gasteiger partial charge in [0, 0.05) is 0 Å². The maximum absolute atomic E-state index is 11.5. The average Bonchev–Trinajstić information content (AvgIpc) is 2.15. The fourth-order valence-corrected chi connectivity index (χ4v) is 0.943. The minimum atomic E-state index is -0.705. The molecule has 0 atom stereocenters. The van der Waals surface area contributed by atoms with E-state index in [1.165, 1.54) is 12.1 Å². The molecule has 0 aliphatic heterocycles. The van der Waals surface area contributed by atoms with Crippen molar-refractivity contribution in [1.29, 1.82) is 0 Å². The molecule has 0 bridgehead atoms. The fraction of sp³-hybridized carbons (Fsp3) is 0.444. The Kier molecular flexibility index (Phi) is 3.66. The molecule has 0 aromatic carbocycles. The number of carbonyl (C=O) groups is 1. The van der Waals surface area contributed by atoms with Crippen molar-refractivity contribution in [1.82, 2.24) is 10.2 Å². The van der Waals surface area contributed by atoms with Gasteiger partial charge in [-0.15, -0.1) is 10.2 Å². The van der Waals surface area contributed by atoms with E-state index in [4.69, 9.17) is 22.2 Å². The first kappa shape index (κ1) is 12.7. The second kappa shape index (κ2) is 4.63. The molecule has 0 aliphatic carbocycles. The third-order valence-corrected chi connectivity index (χ3v) is 1.66. The lowest BCUT2D eigenvalue weighted by Gasteiger charge is -2.23. The molecule has 0 spiro atoms. The predicted molar refractivity (Wildman–Crippen MR) is 59.9 cm³/mol. The number of aromatic nitrogens is 2. The van der Waals surface area contributed by atoms with Crippen molar-refractivity contribution in [3.8, 4) is 0 Å². The van der Waals surface area contributed by atoms with Crippen LogP contribution in [0.25, 0.3) is 0 Å². The molecule has 16 heavy (non-hydrogen) atoms. The molecule has 1 aromatic rings. The smallest absolute Gasteiger partial charge is 0.430 e. The lowest BCUT2D eigenvalue weighted by molar-refractivity contribution is 0.0578. The van der Waals surface area contributed by atoms with Gasteiger partial charge in [-0.1, -0.05) is 11.6 Å². The number of anilines is 1. The lowest BCUT2D eigenvalue weighted by atomic mass is 10.2. The van der Waals surface area contributed by atoms with E-state index < -0.39 is 11.7 Å². The second-order valence-corrected chi connectivity index (χ2v) is 4.45. The van der Waals surface area contributed by atoms with Crippen molar-refractivity contribution < 1.29 is 9.53 Å². The van der Waals surface area contributed by atoms with Gasteiger partial charge in [-0.3, -0.25) is 0 Å². The van der Waals surface area contributed by atoms with E-state index in [0.717, 1.165) is 5.01 Å². The summed E-state index contributed by atoms with van der Waals surface area (Å²) in [5.74, 6) is 5.67. The van der Waals surface area contributed by atoms with Crippen molar-refractivity contribution in [2.24, 2.45) is 5.84 Å². The van der Waals surface area contributed by atoms with Crippen LogP contribution in [0.2, 0.25) is 5.15 Å². The summed E-state index contributed by atoms with van der Waals surface area (Å²) in [4.78, 5) is 11.5. The zero-order valence-electron chi connectivity index (χ0n) is 9.27. The number of ether oxygens (including phenoxy) is 1. The molecule has 0 radical (unpaired) electrons. The molecule has 0 saturated heterocycles. The van der Waals surface area contributed by atoms with E-state index in [2.05, 4.69) is 10.2 Å². The number of hydrogen-bond acceptors (Lipinski definition) is 5. The zero-order valence-corrected chi connectivity index (χ0v) is 10.0. The Morgan fingerprint density at radius 2 is 2.06 bits per heavy atom. The van der Waals surface area contributed by atoms with Crippen molar-refractivity contribution in [3.05, 3.63) is 17.3 Å². The Morgan fingerprint density at radius 1 is 1.44 bits per heavy atom. The van der Waals surface area contributed by atoms with Gasteiger partial charge in [-0.2, -0.15) is 5.01 Å². The number of nitrogens with zero attached hydrogens (tertiary/aromatic N) is 3. The monoisotopic (exact) mass is 244 g/mol. The van der Waals surface area contributed by atoms with E-state index in [9.17, 15) is 4.79 Å². The highest BCUT2D eigenvalue weighted by Gasteiger charge is 2.22. The summed E-state index contributed by atoms with van der Waals surface area (Å²) >= 11 is 5.55. The second-order valence-electron chi connectivity index (χ2n) is 4.06. The molecule has 0 aliphatic rings. The van der Waals surface area contributed by atoms with Crippen LogP contribution in [-0.2, 0) is 4.74 Å². The van der Waals surface area contributed by atoms with E-state index in [1.54, 1.807) is 20.8 Å². The first-order chi connectivity index (χ1) is 7.29. The highest BCUT2D eigenvalue weighted by molar-refractivity contribution is 6.29. The Morgan fingerprint density at radius 3 is 2.50 bits per heavy atom. The van der Waals surface area contributed by atoms with Gasteiger partial charge in [0.05, 0.1) is 0 Å². The number of halogens is 1. The molecular formula is C9H13ClN4O2. The van der Waals surface area contributed by atoms with Gasteiger partial charge < -0.3 is 4.74 Å². The fourth-order valence-electron chi connectivity index (χ4n) is 0.842. The van der Waals surface area contributed by atoms with Gasteiger partial charge in [0.15, 0.2) is 11.0 Å². The highest BCUT2D eigenvalue weighted by atomic mass is 35.5. The molecule has 0 unspecified atom stereocenters. The Balaban J connectivity index is 2.74. The van der Waals surface area contributed by atoms with Crippen LogP contribution in [-0.4, -0.2) is 21.9 Å². The maximum atomic E-state index is 11.5. The van der Waals surface area contributed by atoms with Gasteiger partial charge >= 0.3 is 6.09 Å². The van der Waals surface area contributed by atoms with Gasteiger partial charge in [-0.05, 0) is 32.9 Å². The van der Waals surface area contributed by atoms with Crippen LogP contribution in [0.3, 0.4) is 0 Å².